The summed E-state index contributed by atoms with van der Waals surface area (Å²) in [4.78, 5) is 16.9. The van der Waals surface area contributed by atoms with Crippen LogP contribution in [0.2, 0.25) is 0 Å². The van der Waals surface area contributed by atoms with Crippen molar-refractivity contribution in [3.05, 3.63) is 53.6 Å². The van der Waals surface area contributed by atoms with Gasteiger partial charge in [-0.1, -0.05) is 65.0 Å². The summed E-state index contributed by atoms with van der Waals surface area (Å²) in [5, 5.41) is 9.53. The normalized spacial score (nSPS) is 41.2. The first-order valence-corrected chi connectivity index (χ1v) is 23.6. The number of hydrogen-bond acceptors (Lipinski definition) is 5. The summed E-state index contributed by atoms with van der Waals surface area (Å²) in [6.07, 6.45) is 18.1. The van der Waals surface area contributed by atoms with Crippen LogP contribution in [0.25, 0.3) is 5.57 Å². The number of benzene rings is 1. The first-order valence-electron chi connectivity index (χ1n) is 21.8. The summed E-state index contributed by atoms with van der Waals surface area (Å²) in [5.74, 6) is 3.17. The molecule has 1 aromatic carbocycles. The summed E-state index contributed by atoms with van der Waals surface area (Å²) in [6, 6.07) is 8.39. The van der Waals surface area contributed by atoms with Crippen molar-refractivity contribution in [1.29, 1.82) is 0 Å². The third-order valence-corrected chi connectivity index (χ3v) is 19.8. The van der Waals surface area contributed by atoms with Crippen molar-refractivity contribution in [2.45, 2.75) is 125 Å². The number of aromatic carboxylic acids is 1. The fraction of sp³-hybridized carbons (Fsp3) is 0.766. The molecule has 1 aliphatic heterocycles. The Morgan fingerprint density at radius 3 is 2.24 bits per heavy atom. The zero-order valence-corrected chi connectivity index (χ0v) is 35.3. The van der Waals surface area contributed by atoms with Gasteiger partial charge in [0.25, 0.3) is 0 Å². The molecular weight excluding hydrogens is 689 g/mol. The SMILES string of the molecule is C=C(C)[C@@H]1CC[C@]2(CN(CCCN3CCS(=O)(=O)CC3)C3CC3)CC[C@]3(C)[C@H](CC[C@@H]4[C@@]5(C)CC=C(c6ccc(C(=O)O)cc6)C(C)(C)[C@@H]5CC[C@]43C)[C@@H]12. The van der Waals surface area contributed by atoms with Gasteiger partial charge in [0.05, 0.1) is 17.1 Å². The van der Waals surface area contributed by atoms with Gasteiger partial charge in [-0.2, -0.15) is 0 Å². The first kappa shape index (κ1) is 38.9. The van der Waals surface area contributed by atoms with E-state index in [9.17, 15) is 18.3 Å². The van der Waals surface area contributed by atoms with Gasteiger partial charge in [0.2, 0.25) is 0 Å². The number of hydrogen-bond donors (Lipinski definition) is 1. The smallest absolute Gasteiger partial charge is 0.335 e. The van der Waals surface area contributed by atoms with Crippen molar-refractivity contribution in [3.8, 4) is 0 Å². The third-order valence-electron chi connectivity index (χ3n) is 18.2. The Morgan fingerprint density at radius 1 is 0.889 bits per heavy atom. The van der Waals surface area contributed by atoms with Crippen LogP contribution in [0.15, 0.2) is 42.5 Å². The maximum absolute atomic E-state index is 12.0. The molecule has 0 radical (unpaired) electrons. The predicted octanol–water partition coefficient (Wildman–Crippen LogP) is 9.62. The standard InChI is InChI=1S/C47H70N2O4S/c1-32(2)36-17-22-47(31-49(35-13-14-35)26-8-25-48-27-29-54(52,53)30-28-48)24-23-45(6)38(41(36)47)15-16-40-44(5)20-18-37(33-9-11-34(12-10-33)42(50)51)43(3,4)39(44)19-21-46(40,45)7/h9-12,18,35-36,38-41H,1,8,13-17,19-31H2,2-7H3,(H,50,51)/t36-,38+,39-,40+,41+,44-,45+,46+,47+/m0/s1. The fourth-order valence-corrected chi connectivity index (χ4v) is 16.4. The number of nitrogens with zero attached hydrogens (tertiary/aromatic N) is 2. The highest BCUT2D eigenvalue weighted by molar-refractivity contribution is 7.91. The molecule has 0 unspecified atom stereocenters. The molecule has 6 fully saturated rings. The predicted molar refractivity (Wildman–Crippen MR) is 220 cm³/mol. The highest BCUT2D eigenvalue weighted by Crippen LogP contribution is 2.78. The van der Waals surface area contributed by atoms with E-state index in [4.69, 9.17) is 0 Å². The molecule has 1 N–H and O–H groups in total. The monoisotopic (exact) mass is 759 g/mol. The van der Waals surface area contributed by atoms with Crippen LogP contribution >= 0.6 is 0 Å². The van der Waals surface area contributed by atoms with Gasteiger partial charge in [0, 0.05) is 25.7 Å². The summed E-state index contributed by atoms with van der Waals surface area (Å²) < 4.78 is 24.1. The van der Waals surface area contributed by atoms with Crippen molar-refractivity contribution in [3.63, 3.8) is 0 Å². The Hall–Kier alpha value is -1.96. The van der Waals surface area contributed by atoms with E-state index in [0.29, 0.717) is 70.1 Å². The minimum Gasteiger partial charge on any atom is -0.478 e. The number of allylic oxidation sites excluding steroid dienone is 3. The van der Waals surface area contributed by atoms with Crippen molar-refractivity contribution < 1.29 is 18.3 Å². The van der Waals surface area contributed by atoms with E-state index in [1.807, 2.05) is 12.1 Å². The Bertz CT molecular complexity index is 1770. The molecule has 0 amide bonds. The lowest BCUT2D eigenvalue weighted by Crippen LogP contribution is -2.66. The summed E-state index contributed by atoms with van der Waals surface area (Å²) in [5.41, 5.74) is 5.64. The maximum atomic E-state index is 12.0. The van der Waals surface area contributed by atoms with E-state index in [1.54, 1.807) is 12.1 Å². The second kappa shape index (κ2) is 13.6. The molecule has 7 aliphatic rings. The third kappa shape index (κ3) is 6.22. The van der Waals surface area contributed by atoms with E-state index in [0.717, 1.165) is 37.9 Å². The van der Waals surface area contributed by atoms with Gasteiger partial charge in [0.1, 0.15) is 0 Å². The lowest BCUT2D eigenvalue weighted by Gasteiger charge is -2.72. The van der Waals surface area contributed by atoms with E-state index in [1.165, 1.54) is 87.5 Å². The molecule has 7 heteroatoms. The van der Waals surface area contributed by atoms with Gasteiger partial charge in [0.15, 0.2) is 9.84 Å². The average molecular weight is 759 g/mol. The number of fused-ring (bicyclic) bond motifs is 7. The van der Waals surface area contributed by atoms with Crippen LogP contribution < -0.4 is 0 Å². The van der Waals surface area contributed by atoms with Gasteiger partial charge in [-0.3, -0.25) is 4.90 Å². The molecule has 9 atom stereocenters. The highest BCUT2D eigenvalue weighted by Gasteiger charge is 2.70. The largest absolute Gasteiger partial charge is 0.478 e. The summed E-state index contributed by atoms with van der Waals surface area (Å²) in [6.45, 7) is 25.0. The van der Waals surface area contributed by atoms with Crippen LogP contribution in [0.1, 0.15) is 135 Å². The molecule has 1 aromatic rings. The average Bonchev–Trinajstić information content (AvgIpc) is 3.89. The second-order valence-electron chi connectivity index (χ2n) is 21.0. The van der Waals surface area contributed by atoms with Crippen LogP contribution in [-0.4, -0.2) is 79.6 Å². The summed E-state index contributed by atoms with van der Waals surface area (Å²) >= 11 is 0. The molecule has 0 aromatic heterocycles. The Labute approximate surface area is 327 Å². The molecule has 8 rings (SSSR count). The van der Waals surface area contributed by atoms with E-state index < -0.39 is 15.8 Å². The zero-order valence-electron chi connectivity index (χ0n) is 34.5. The maximum Gasteiger partial charge on any atom is 0.335 e. The number of carboxylic acid groups (broad SMARTS) is 1. The number of sulfone groups is 1. The van der Waals surface area contributed by atoms with Crippen molar-refractivity contribution in [2.75, 3.05) is 44.2 Å². The highest BCUT2D eigenvalue weighted by atomic mass is 32.2. The summed E-state index contributed by atoms with van der Waals surface area (Å²) in [7, 11) is -2.84. The molecule has 6 aliphatic carbocycles. The van der Waals surface area contributed by atoms with E-state index >= 15 is 0 Å². The van der Waals surface area contributed by atoms with Crippen LogP contribution in [0, 0.1) is 56.7 Å². The van der Waals surface area contributed by atoms with E-state index in [2.05, 4.69) is 64.0 Å². The molecule has 298 valence electrons. The van der Waals surface area contributed by atoms with Gasteiger partial charge < -0.3 is 10.0 Å². The Kier molecular flexibility index (Phi) is 9.77. The van der Waals surface area contributed by atoms with Crippen molar-refractivity contribution >= 4 is 21.4 Å². The van der Waals surface area contributed by atoms with Gasteiger partial charge >= 0.3 is 5.97 Å². The van der Waals surface area contributed by atoms with Crippen LogP contribution in [-0.2, 0) is 9.84 Å². The van der Waals surface area contributed by atoms with Gasteiger partial charge in [-0.15, -0.1) is 0 Å². The Balaban J connectivity index is 1.04. The van der Waals surface area contributed by atoms with Gasteiger partial charge in [-0.05, 0) is 177 Å². The van der Waals surface area contributed by atoms with Crippen LogP contribution in [0.4, 0.5) is 0 Å². The molecular formula is C47H70N2O4S. The lowest BCUT2D eigenvalue weighted by atomic mass is 9.32. The molecule has 54 heavy (non-hydrogen) atoms. The minimum atomic E-state index is -2.84. The van der Waals surface area contributed by atoms with E-state index in [-0.39, 0.29) is 10.8 Å². The lowest BCUT2D eigenvalue weighted by molar-refractivity contribution is -0.227. The second-order valence-corrected chi connectivity index (χ2v) is 23.3. The Morgan fingerprint density at radius 2 is 1.59 bits per heavy atom. The topological polar surface area (TPSA) is 77.9 Å². The molecule has 0 spiro atoms. The minimum absolute atomic E-state index is 0.0208. The van der Waals surface area contributed by atoms with Crippen molar-refractivity contribution in [2.24, 2.45) is 56.7 Å². The molecule has 5 saturated carbocycles. The van der Waals surface area contributed by atoms with Crippen LogP contribution in [0.5, 0.6) is 0 Å². The zero-order chi connectivity index (χ0) is 38.5. The number of rotatable bonds is 10. The fourth-order valence-electron chi connectivity index (χ4n) is 15.2. The molecule has 6 nitrogen and oxygen atoms in total. The molecule has 1 heterocycles. The quantitative estimate of drug-likeness (QED) is 0.240. The van der Waals surface area contributed by atoms with Crippen molar-refractivity contribution in [1.82, 2.24) is 9.80 Å². The van der Waals surface area contributed by atoms with Crippen LogP contribution in [0.3, 0.4) is 0 Å². The first-order chi connectivity index (χ1) is 25.4. The number of carboxylic acids is 1. The molecule has 0 bridgehead atoms. The van der Waals surface area contributed by atoms with Gasteiger partial charge in [-0.25, -0.2) is 13.2 Å². The molecule has 1 saturated heterocycles. The number of carbonyl (C=O) groups is 1.